The number of rotatable bonds is 5. The smallest absolute Gasteiger partial charge is 0.249 e. The Balaban J connectivity index is 0.00000261. The molecular formula is C19H28ClN3O4. The molecule has 27 heavy (non-hydrogen) atoms. The molecule has 1 unspecified atom stereocenters. The van der Waals surface area contributed by atoms with E-state index in [-0.39, 0.29) is 24.2 Å². The van der Waals surface area contributed by atoms with Gasteiger partial charge in [0.1, 0.15) is 17.5 Å². The number of nitrogens with zero attached hydrogens (tertiary/aromatic N) is 1. The Morgan fingerprint density at radius 1 is 1.15 bits per heavy atom. The van der Waals surface area contributed by atoms with Crippen LogP contribution in [0.15, 0.2) is 18.2 Å². The van der Waals surface area contributed by atoms with Crippen LogP contribution in [0, 0.1) is 0 Å². The lowest BCUT2D eigenvalue weighted by molar-refractivity contribution is -0.131. The zero-order chi connectivity index (χ0) is 18.7. The molecule has 7 nitrogen and oxygen atoms in total. The number of hydrogen-bond donors (Lipinski definition) is 2. The number of halogens is 1. The van der Waals surface area contributed by atoms with Crippen molar-refractivity contribution in [1.29, 1.82) is 0 Å². The van der Waals surface area contributed by atoms with Gasteiger partial charge < -0.3 is 25.4 Å². The Kier molecular flexibility index (Phi) is 6.95. The van der Waals surface area contributed by atoms with Gasteiger partial charge in [0.05, 0.1) is 25.4 Å². The molecule has 2 aliphatic rings. The first-order chi connectivity index (χ1) is 12.5. The quantitative estimate of drug-likeness (QED) is 0.792. The number of carbonyl (C=O) groups is 2. The largest absolute Gasteiger partial charge is 0.497 e. The van der Waals surface area contributed by atoms with Crippen LogP contribution in [0.1, 0.15) is 38.5 Å². The summed E-state index contributed by atoms with van der Waals surface area (Å²) >= 11 is 0. The van der Waals surface area contributed by atoms with E-state index < -0.39 is 11.6 Å². The standard InChI is InChI=1S/C19H27N3O4.ClH/c1-25-14-10-13(11-15(12-14)26-2)22-9-6-16(17(22)23)21-18(24)19(20)7-4-3-5-8-19;/h10-12,16H,3-9,20H2,1-2H3,(H,21,24);1H. The van der Waals surface area contributed by atoms with Crippen molar-refractivity contribution >= 4 is 29.9 Å². The van der Waals surface area contributed by atoms with Gasteiger partial charge in [0.2, 0.25) is 11.8 Å². The zero-order valence-electron chi connectivity index (χ0n) is 15.8. The summed E-state index contributed by atoms with van der Waals surface area (Å²) in [5.41, 5.74) is 6.13. The molecule has 150 valence electrons. The van der Waals surface area contributed by atoms with Crippen molar-refractivity contribution in [3.63, 3.8) is 0 Å². The van der Waals surface area contributed by atoms with E-state index in [1.165, 1.54) is 0 Å². The number of ether oxygens (including phenoxy) is 2. The van der Waals surface area contributed by atoms with Gasteiger partial charge in [-0.25, -0.2) is 0 Å². The molecule has 0 aromatic heterocycles. The van der Waals surface area contributed by atoms with E-state index in [0.29, 0.717) is 43.0 Å². The average Bonchev–Trinajstić information content (AvgIpc) is 3.02. The van der Waals surface area contributed by atoms with E-state index in [0.717, 1.165) is 19.3 Å². The van der Waals surface area contributed by atoms with Crippen molar-refractivity contribution in [1.82, 2.24) is 5.32 Å². The first-order valence-electron chi connectivity index (χ1n) is 9.11. The third-order valence-corrected chi connectivity index (χ3v) is 5.36. The van der Waals surface area contributed by atoms with Crippen LogP contribution in [0.4, 0.5) is 5.69 Å². The fourth-order valence-corrected chi connectivity index (χ4v) is 3.73. The fourth-order valence-electron chi connectivity index (χ4n) is 3.73. The molecule has 2 amide bonds. The van der Waals surface area contributed by atoms with E-state index in [9.17, 15) is 9.59 Å². The highest BCUT2D eigenvalue weighted by molar-refractivity contribution is 6.02. The summed E-state index contributed by atoms with van der Waals surface area (Å²) in [5, 5.41) is 2.88. The molecule has 0 spiro atoms. The van der Waals surface area contributed by atoms with Gasteiger partial charge in [-0.1, -0.05) is 19.3 Å². The zero-order valence-corrected chi connectivity index (χ0v) is 16.6. The van der Waals surface area contributed by atoms with E-state index in [4.69, 9.17) is 15.2 Å². The van der Waals surface area contributed by atoms with Crippen LogP contribution in [-0.4, -0.2) is 44.2 Å². The number of nitrogens with one attached hydrogen (secondary N) is 1. The van der Waals surface area contributed by atoms with Crippen molar-refractivity contribution in [2.75, 3.05) is 25.7 Å². The van der Waals surface area contributed by atoms with Gasteiger partial charge in [0.15, 0.2) is 0 Å². The fraction of sp³-hybridized carbons (Fsp3) is 0.579. The molecular weight excluding hydrogens is 370 g/mol. The maximum Gasteiger partial charge on any atom is 0.249 e. The molecule has 1 aliphatic carbocycles. The van der Waals surface area contributed by atoms with Gasteiger partial charge in [0, 0.05) is 24.7 Å². The van der Waals surface area contributed by atoms with Crippen molar-refractivity contribution in [3.8, 4) is 11.5 Å². The Morgan fingerprint density at radius 3 is 2.30 bits per heavy atom. The van der Waals surface area contributed by atoms with Crippen molar-refractivity contribution in [3.05, 3.63) is 18.2 Å². The molecule has 0 bridgehead atoms. The molecule has 1 saturated heterocycles. The van der Waals surface area contributed by atoms with E-state index >= 15 is 0 Å². The second kappa shape index (κ2) is 8.80. The number of anilines is 1. The third kappa shape index (κ3) is 4.47. The molecule has 2 fully saturated rings. The molecule has 0 radical (unpaired) electrons. The first kappa shape index (κ1) is 21.3. The van der Waals surface area contributed by atoms with Gasteiger partial charge >= 0.3 is 0 Å². The molecule has 8 heteroatoms. The lowest BCUT2D eigenvalue weighted by atomic mass is 9.81. The van der Waals surface area contributed by atoms with E-state index in [2.05, 4.69) is 5.32 Å². The summed E-state index contributed by atoms with van der Waals surface area (Å²) in [7, 11) is 3.14. The van der Waals surface area contributed by atoms with Crippen LogP contribution in [0.25, 0.3) is 0 Å². The van der Waals surface area contributed by atoms with Crippen molar-refractivity contribution in [2.45, 2.75) is 50.1 Å². The first-order valence-corrected chi connectivity index (χ1v) is 9.11. The second-order valence-electron chi connectivity index (χ2n) is 7.09. The number of nitrogens with two attached hydrogens (primary N) is 1. The topological polar surface area (TPSA) is 93.9 Å². The minimum absolute atomic E-state index is 0. The Hall–Kier alpha value is -1.99. The summed E-state index contributed by atoms with van der Waals surface area (Å²) in [6.07, 6.45) is 4.93. The highest BCUT2D eigenvalue weighted by Gasteiger charge is 2.40. The summed E-state index contributed by atoms with van der Waals surface area (Å²) in [6.45, 7) is 0.525. The number of methoxy groups -OCH3 is 2. The van der Waals surface area contributed by atoms with Crippen molar-refractivity contribution < 1.29 is 19.1 Å². The SMILES string of the molecule is COc1cc(OC)cc(N2CCC(NC(=O)C3(N)CCCCC3)C2=O)c1.Cl. The van der Waals surface area contributed by atoms with Crippen LogP contribution >= 0.6 is 12.4 Å². The summed E-state index contributed by atoms with van der Waals surface area (Å²) in [4.78, 5) is 27.1. The molecule has 1 heterocycles. The van der Waals surface area contributed by atoms with Crippen molar-refractivity contribution in [2.24, 2.45) is 5.73 Å². The lowest BCUT2D eigenvalue weighted by Crippen LogP contribution is -2.58. The monoisotopic (exact) mass is 397 g/mol. The van der Waals surface area contributed by atoms with Crippen LogP contribution < -0.4 is 25.4 Å². The van der Waals surface area contributed by atoms with Crippen LogP contribution in [0.3, 0.4) is 0 Å². The Bertz CT molecular complexity index is 669. The number of benzene rings is 1. The Morgan fingerprint density at radius 2 is 1.74 bits per heavy atom. The number of amides is 2. The average molecular weight is 398 g/mol. The molecule has 3 rings (SSSR count). The summed E-state index contributed by atoms with van der Waals surface area (Å²) < 4.78 is 10.5. The lowest BCUT2D eigenvalue weighted by Gasteiger charge is -2.32. The molecule has 1 atom stereocenters. The number of hydrogen-bond acceptors (Lipinski definition) is 5. The number of carbonyl (C=O) groups excluding carboxylic acids is 2. The molecule has 1 saturated carbocycles. The highest BCUT2D eigenvalue weighted by Crippen LogP contribution is 2.31. The molecule has 1 aromatic rings. The predicted octanol–water partition coefficient (Wildman–Crippen LogP) is 2.01. The molecule has 3 N–H and O–H groups in total. The van der Waals surface area contributed by atoms with Gasteiger partial charge in [-0.05, 0) is 19.3 Å². The maximum atomic E-state index is 12.8. The summed E-state index contributed by atoms with van der Waals surface area (Å²) in [6, 6.07) is 4.79. The highest BCUT2D eigenvalue weighted by atomic mass is 35.5. The van der Waals surface area contributed by atoms with Gasteiger partial charge in [0.25, 0.3) is 0 Å². The molecule has 1 aromatic carbocycles. The van der Waals surface area contributed by atoms with Crippen LogP contribution in [0.5, 0.6) is 11.5 Å². The van der Waals surface area contributed by atoms with E-state index in [1.54, 1.807) is 37.3 Å². The second-order valence-corrected chi connectivity index (χ2v) is 7.09. The summed E-state index contributed by atoms with van der Waals surface area (Å²) in [5.74, 6) is 0.888. The van der Waals surface area contributed by atoms with Crippen LogP contribution in [-0.2, 0) is 9.59 Å². The third-order valence-electron chi connectivity index (χ3n) is 5.36. The molecule has 1 aliphatic heterocycles. The minimum atomic E-state index is -0.842. The van der Waals surface area contributed by atoms with Gasteiger partial charge in [-0.15, -0.1) is 12.4 Å². The normalized spacial score (nSPS) is 21.4. The van der Waals surface area contributed by atoms with Crippen LogP contribution in [0.2, 0.25) is 0 Å². The Labute approximate surface area is 166 Å². The van der Waals surface area contributed by atoms with Gasteiger partial charge in [-0.3, -0.25) is 9.59 Å². The van der Waals surface area contributed by atoms with Gasteiger partial charge in [-0.2, -0.15) is 0 Å². The predicted molar refractivity (Wildman–Crippen MR) is 106 cm³/mol. The minimum Gasteiger partial charge on any atom is -0.497 e. The van der Waals surface area contributed by atoms with E-state index in [1.807, 2.05) is 0 Å². The maximum absolute atomic E-state index is 12.8.